The highest BCUT2D eigenvalue weighted by Gasteiger charge is 2.57. The summed E-state index contributed by atoms with van der Waals surface area (Å²) in [5.41, 5.74) is 2.44. The Balaban J connectivity index is 1.78. The number of nitrogens with zero attached hydrogens (tertiary/aromatic N) is 3. The molecule has 2 aromatic carbocycles. The maximum atomic E-state index is 13.8. The van der Waals surface area contributed by atoms with Crippen molar-refractivity contribution in [1.29, 1.82) is 0 Å². The molecule has 3 aromatic rings. The fourth-order valence-corrected chi connectivity index (χ4v) is 4.64. The Morgan fingerprint density at radius 1 is 1.23 bits per heavy atom. The first-order valence-electron chi connectivity index (χ1n) is 9.64. The van der Waals surface area contributed by atoms with E-state index < -0.39 is 11.2 Å². The number of halogens is 1. The lowest BCUT2D eigenvalue weighted by molar-refractivity contribution is -0.126. The van der Waals surface area contributed by atoms with Gasteiger partial charge in [0.1, 0.15) is 17.1 Å². The summed E-state index contributed by atoms with van der Waals surface area (Å²) >= 11 is 0. The van der Waals surface area contributed by atoms with E-state index in [1.165, 1.54) is 16.8 Å². The van der Waals surface area contributed by atoms with Crippen molar-refractivity contribution in [1.82, 2.24) is 9.78 Å². The van der Waals surface area contributed by atoms with Gasteiger partial charge in [-0.1, -0.05) is 30.3 Å². The number of aryl methyl sites for hydroxylation is 1. The molecule has 0 unspecified atom stereocenters. The van der Waals surface area contributed by atoms with Crippen molar-refractivity contribution in [3.63, 3.8) is 0 Å². The van der Waals surface area contributed by atoms with Gasteiger partial charge in [-0.2, -0.15) is 5.10 Å². The summed E-state index contributed by atoms with van der Waals surface area (Å²) < 4.78 is 15.3. The third kappa shape index (κ3) is 2.32. The molecule has 0 aliphatic carbocycles. The van der Waals surface area contributed by atoms with E-state index in [0.29, 0.717) is 23.6 Å². The fraction of sp³-hybridized carbons (Fsp3) is 0.174. The summed E-state index contributed by atoms with van der Waals surface area (Å²) in [5.74, 6) is -0.495. The van der Waals surface area contributed by atoms with Crippen molar-refractivity contribution in [3.8, 4) is 5.69 Å². The van der Waals surface area contributed by atoms with Crippen molar-refractivity contribution < 1.29 is 14.0 Å². The van der Waals surface area contributed by atoms with Crippen LogP contribution in [0.1, 0.15) is 23.1 Å². The molecule has 2 amide bonds. The minimum absolute atomic E-state index is 0.0161. The van der Waals surface area contributed by atoms with Crippen molar-refractivity contribution >= 4 is 23.3 Å². The summed E-state index contributed by atoms with van der Waals surface area (Å²) in [6.45, 7) is 6.07. The number of anilines is 2. The number of carbonyl (C=O) groups excluding carboxylic acids is 2. The molecule has 2 aliphatic heterocycles. The average Bonchev–Trinajstić information content (AvgIpc) is 3.23. The van der Waals surface area contributed by atoms with E-state index in [4.69, 9.17) is 0 Å². The lowest BCUT2D eigenvalue weighted by Crippen LogP contribution is -2.46. The standard InChI is InChI=1S/C23H19FN4O2/c1-3-10-27-20-14(2)6-4-9-17(20)23(22(27)30)12-19(29)26-21-18(23)13-25-28(21)16-8-5-7-15(24)11-16/h3-9,11,13H,1,10,12H2,2H3,(H,26,29)/t23-/m1/s1. The first kappa shape index (κ1) is 18.3. The first-order chi connectivity index (χ1) is 14.5. The van der Waals surface area contributed by atoms with E-state index in [1.54, 1.807) is 29.3 Å². The van der Waals surface area contributed by atoms with Gasteiger partial charge in [-0.05, 0) is 36.2 Å². The lowest BCUT2D eigenvalue weighted by atomic mass is 9.71. The molecule has 0 bridgehead atoms. The second-order valence-corrected chi connectivity index (χ2v) is 7.60. The van der Waals surface area contributed by atoms with Gasteiger partial charge in [0.15, 0.2) is 0 Å². The largest absolute Gasteiger partial charge is 0.310 e. The highest BCUT2D eigenvalue weighted by molar-refractivity contribution is 6.16. The van der Waals surface area contributed by atoms with Gasteiger partial charge in [-0.3, -0.25) is 9.59 Å². The number of hydrogen-bond donors (Lipinski definition) is 1. The number of carbonyl (C=O) groups is 2. The third-order valence-corrected chi connectivity index (χ3v) is 5.85. The van der Waals surface area contributed by atoms with Gasteiger partial charge in [0, 0.05) is 18.5 Å². The molecule has 0 saturated carbocycles. The fourth-order valence-electron chi connectivity index (χ4n) is 4.64. The number of para-hydroxylation sites is 1. The van der Waals surface area contributed by atoms with Crippen LogP contribution < -0.4 is 10.2 Å². The van der Waals surface area contributed by atoms with Gasteiger partial charge in [-0.25, -0.2) is 9.07 Å². The number of fused-ring (bicyclic) bond motifs is 4. The Bertz CT molecular complexity index is 1230. The lowest BCUT2D eigenvalue weighted by Gasteiger charge is -2.32. The zero-order valence-corrected chi connectivity index (χ0v) is 16.4. The molecule has 1 N–H and O–H groups in total. The monoisotopic (exact) mass is 402 g/mol. The van der Waals surface area contributed by atoms with Gasteiger partial charge in [-0.15, -0.1) is 6.58 Å². The predicted molar refractivity (Wildman–Crippen MR) is 111 cm³/mol. The van der Waals surface area contributed by atoms with Crippen LogP contribution in [0.5, 0.6) is 0 Å². The first-order valence-corrected chi connectivity index (χ1v) is 9.64. The van der Waals surface area contributed by atoms with E-state index in [1.807, 2.05) is 25.1 Å². The minimum atomic E-state index is -1.17. The van der Waals surface area contributed by atoms with Gasteiger partial charge in [0.05, 0.1) is 17.6 Å². The Morgan fingerprint density at radius 2 is 2.03 bits per heavy atom. The van der Waals surface area contributed by atoms with Crippen molar-refractivity contribution in [2.75, 3.05) is 16.8 Å². The van der Waals surface area contributed by atoms with Crippen molar-refractivity contribution in [3.05, 3.63) is 83.8 Å². The van der Waals surface area contributed by atoms with Crippen LogP contribution in [0.3, 0.4) is 0 Å². The van der Waals surface area contributed by atoms with Crippen LogP contribution in [0.4, 0.5) is 15.9 Å². The Hall–Kier alpha value is -3.74. The minimum Gasteiger partial charge on any atom is -0.310 e. The zero-order chi connectivity index (χ0) is 21.0. The van der Waals surface area contributed by atoms with E-state index >= 15 is 0 Å². The highest BCUT2D eigenvalue weighted by atomic mass is 19.1. The second kappa shape index (κ2) is 6.38. The number of nitrogens with one attached hydrogen (secondary N) is 1. The molecule has 1 atom stereocenters. The predicted octanol–water partition coefficient (Wildman–Crippen LogP) is 3.48. The molecule has 0 fully saturated rings. The van der Waals surface area contributed by atoms with Gasteiger partial charge in [0.2, 0.25) is 11.8 Å². The SMILES string of the molecule is C=CCN1C(=O)[C@]2(CC(=O)Nc3c2cnn3-c2cccc(F)c2)c2cccc(C)c21. The van der Waals surface area contributed by atoms with Gasteiger partial charge in [0.25, 0.3) is 0 Å². The molecule has 2 aliphatic rings. The number of aromatic nitrogens is 2. The highest BCUT2D eigenvalue weighted by Crippen LogP contribution is 2.53. The molecular formula is C23H19FN4O2. The summed E-state index contributed by atoms with van der Waals surface area (Å²) in [4.78, 5) is 28.3. The third-order valence-electron chi connectivity index (χ3n) is 5.85. The van der Waals surface area contributed by atoms with E-state index in [9.17, 15) is 14.0 Å². The van der Waals surface area contributed by atoms with Crippen LogP contribution in [0.25, 0.3) is 5.69 Å². The summed E-state index contributed by atoms with van der Waals surface area (Å²) in [6.07, 6.45) is 3.26. The van der Waals surface area contributed by atoms with E-state index in [2.05, 4.69) is 17.0 Å². The zero-order valence-electron chi connectivity index (χ0n) is 16.4. The van der Waals surface area contributed by atoms with E-state index in [0.717, 1.165) is 16.8 Å². The average molecular weight is 402 g/mol. The Morgan fingerprint density at radius 3 is 2.80 bits per heavy atom. The molecule has 150 valence electrons. The number of benzene rings is 2. The molecule has 7 heteroatoms. The van der Waals surface area contributed by atoms with Crippen molar-refractivity contribution in [2.45, 2.75) is 18.8 Å². The molecule has 0 radical (unpaired) electrons. The quantitative estimate of drug-likeness (QED) is 0.682. The summed E-state index contributed by atoms with van der Waals surface area (Å²) in [5, 5.41) is 7.25. The Kier molecular flexibility index (Phi) is 3.89. The summed E-state index contributed by atoms with van der Waals surface area (Å²) in [6, 6.07) is 11.7. The molecule has 0 saturated heterocycles. The summed E-state index contributed by atoms with van der Waals surface area (Å²) in [7, 11) is 0. The number of amides is 2. The number of hydrogen-bond acceptors (Lipinski definition) is 3. The van der Waals surface area contributed by atoms with Crippen LogP contribution in [0, 0.1) is 12.7 Å². The molecule has 30 heavy (non-hydrogen) atoms. The molecule has 1 spiro atoms. The second-order valence-electron chi connectivity index (χ2n) is 7.60. The molecule has 5 rings (SSSR count). The topological polar surface area (TPSA) is 67.2 Å². The van der Waals surface area contributed by atoms with Crippen LogP contribution in [-0.2, 0) is 15.0 Å². The van der Waals surface area contributed by atoms with Crippen LogP contribution >= 0.6 is 0 Å². The van der Waals surface area contributed by atoms with Crippen LogP contribution in [0.2, 0.25) is 0 Å². The van der Waals surface area contributed by atoms with Crippen LogP contribution in [-0.4, -0.2) is 28.1 Å². The molecule has 1 aromatic heterocycles. The van der Waals surface area contributed by atoms with Gasteiger partial charge >= 0.3 is 0 Å². The van der Waals surface area contributed by atoms with Gasteiger partial charge < -0.3 is 10.2 Å². The smallest absolute Gasteiger partial charge is 0.243 e. The van der Waals surface area contributed by atoms with E-state index in [-0.39, 0.29) is 18.2 Å². The van der Waals surface area contributed by atoms with Crippen molar-refractivity contribution in [2.24, 2.45) is 0 Å². The maximum Gasteiger partial charge on any atom is 0.243 e. The Labute approximate surface area is 172 Å². The normalized spacial score (nSPS) is 19.6. The maximum absolute atomic E-state index is 13.8. The molecular weight excluding hydrogens is 383 g/mol. The van der Waals surface area contributed by atoms with Crippen LogP contribution in [0.15, 0.2) is 61.3 Å². The molecule has 6 nitrogen and oxygen atoms in total. The number of rotatable bonds is 3. The molecule has 3 heterocycles.